The molecule has 0 bridgehead atoms. The molecule has 0 atom stereocenters. The lowest BCUT2D eigenvalue weighted by molar-refractivity contribution is 0.0592. The smallest absolute Gasteiger partial charge is 0.358 e. The van der Waals surface area contributed by atoms with Crippen LogP contribution in [0.3, 0.4) is 0 Å². The van der Waals surface area contributed by atoms with E-state index in [1.807, 2.05) is 0 Å². The van der Waals surface area contributed by atoms with Crippen molar-refractivity contribution in [3.8, 4) is 0 Å². The molecule has 0 spiro atoms. The van der Waals surface area contributed by atoms with Gasteiger partial charge in [-0.15, -0.1) is 0 Å². The highest BCUT2D eigenvalue weighted by Crippen LogP contribution is 2.21. The first kappa shape index (κ1) is 10.6. The molecule has 2 aromatic heterocycles. The van der Waals surface area contributed by atoms with E-state index < -0.39 is 5.97 Å². The van der Waals surface area contributed by atoms with Crippen LogP contribution in [0.1, 0.15) is 10.5 Å². The van der Waals surface area contributed by atoms with Gasteiger partial charge in [0.15, 0.2) is 10.9 Å². The minimum Gasteiger partial charge on any atom is -0.464 e. The van der Waals surface area contributed by atoms with Crippen molar-refractivity contribution in [3.63, 3.8) is 0 Å². The predicted octanol–water partition coefficient (Wildman–Crippen LogP) is 1.14. The lowest BCUT2D eigenvalue weighted by Crippen LogP contribution is -2.05. The Bertz CT molecular complexity index is 486. The standard InChI is InChI=1S/C9H8N4O2S/c1-15-8(14)6-4-10-5-7(13-6)16-9-11-2-3-12-9/h2-5H,1H3,(H,11,12). The van der Waals surface area contributed by atoms with Gasteiger partial charge in [-0.05, 0) is 11.8 Å². The Labute approximate surface area is 95.5 Å². The number of nitrogens with zero attached hydrogens (tertiary/aromatic N) is 3. The quantitative estimate of drug-likeness (QED) is 0.805. The number of H-pyrrole nitrogens is 1. The third-order valence-electron chi connectivity index (χ3n) is 1.68. The second kappa shape index (κ2) is 4.75. The molecule has 2 aromatic rings. The first-order chi connectivity index (χ1) is 7.79. The largest absolute Gasteiger partial charge is 0.464 e. The van der Waals surface area contributed by atoms with Gasteiger partial charge in [0, 0.05) is 12.4 Å². The first-order valence-electron chi connectivity index (χ1n) is 4.37. The van der Waals surface area contributed by atoms with Gasteiger partial charge in [0.1, 0.15) is 5.03 Å². The molecule has 7 heteroatoms. The lowest BCUT2D eigenvalue weighted by Gasteiger charge is -2.00. The Hall–Kier alpha value is -1.89. The summed E-state index contributed by atoms with van der Waals surface area (Å²) in [6, 6.07) is 0. The van der Waals surface area contributed by atoms with Gasteiger partial charge in [-0.3, -0.25) is 4.98 Å². The molecule has 82 valence electrons. The number of carbonyl (C=O) groups excluding carboxylic acids is 1. The predicted molar refractivity (Wildman–Crippen MR) is 56.1 cm³/mol. The number of hydrogen-bond acceptors (Lipinski definition) is 6. The van der Waals surface area contributed by atoms with Crippen LogP contribution in [0.25, 0.3) is 0 Å². The zero-order valence-corrected chi connectivity index (χ0v) is 9.19. The maximum Gasteiger partial charge on any atom is 0.358 e. The summed E-state index contributed by atoms with van der Waals surface area (Å²) in [7, 11) is 1.30. The van der Waals surface area contributed by atoms with Gasteiger partial charge in [0.05, 0.1) is 19.5 Å². The average molecular weight is 236 g/mol. The van der Waals surface area contributed by atoms with Crippen LogP contribution in [0, 0.1) is 0 Å². The van der Waals surface area contributed by atoms with Crippen molar-refractivity contribution < 1.29 is 9.53 Å². The third-order valence-corrected chi connectivity index (χ3v) is 2.50. The summed E-state index contributed by atoms with van der Waals surface area (Å²) in [4.78, 5) is 26.1. The molecular formula is C9H8N4O2S. The average Bonchev–Trinajstić information content (AvgIpc) is 2.81. The van der Waals surface area contributed by atoms with Crippen LogP contribution in [0.15, 0.2) is 35.0 Å². The molecule has 0 unspecified atom stereocenters. The van der Waals surface area contributed by atoms with E-state index in [1.165, 1.54) is 25.1 Å². The minimum atomic E-state index is -0.505. The number of rotatable bonds is 3. The van der Waals surface area contributed by atoms with E-state index in [0.29, 0.717) is 10.2 Å². The third kappa shape index (κ3) is 2.37. The van der Waals surface area contributed by atoms with Crippen molar-refractivity contribution >= 4 is 17.7 Å². The van der Waals surface area contributed by atoms with E-state index in [1.54, 1.807) is 18.6 Å². The summed E-state index contributed by atoms with van der Waals surface area (Å²) in [5.41, 5.74) is 0.180. The summed E-state index contributed by atoms with van der Waals surface area (Å²) in [5.74, 6) is -0.505. The Balaban J connectivity index is 2.19. The molecule has 0 saturated heterocycles. The maximum atomic E-state index is 11.2. The number of ether oxygens (including phenoxy) is 1. The van der Waals surface area contributed by atoms with Crippen LogP contribution >= 0.6 is 11.8 Å². The van der Waals surface area contributed by atoms with Crippen LogP contribution in [-0.2, 0) is 4.74 Å². The van der Waals surface area contributed by atoms with Crippen molar-refractivity contribution in [2.24, 2.45) is 0 Å². The van der Waals surface area contributed by atoms with Crippen LogP contribution in [0.2, 0.25) is 0 Å². The highest BCUT2D eigenvalue weighted by molar-refractivity contribution is 7.99. The number of nitrogens with one attached hydrogen (secondary N) is 1. The van der Waals surface area contributed by atoms with Crippen molar-refractivity contribution in [2.45, 2.75) is 10.2 Å². The van der Waals surface area contributed by atoms with E-state index in [-0.39, 0.29) is 5.69 Å². The molecule has 0 saturated carbocycles. The fourth-order valence-corrected chi connectivity index (χ4v) is 1.70. The highest BCUT2D eigenvalue weighted by Gasteiger charge is 2.09. The zero-order valence-electron chi connectivity index (χ0n) is 8.38. The summed E-state index contributed by atoms with van der Waals surface area (Å²) in [5, 5.41) is 1.27. The van der Waals surface area contributed by atoms with Gasteiger partial charge >= 0.3 is 5.97 Å². The maximum absolute atomic E-state index is 11.2. The monoisotopic (exact) mass is 236 g/mol. The highest BCUT2D eigenvalue weighted by atomic mass is 32.2. The van der Waals surface area contributed by atoms with E-state index in [9.17, 15) is 4.79 Å². The fourth-order valence-electron chi connectivity index (χ4n) is 1.01. The zero-order chi connectivity index (χ0) is 11.4. The SMILES string of the molecule is COC(=O)c1cncc(Sc2ncc[nH]2)n1. The topological polar surface area (TPSA) is 80.8 Å². The molecule has 0 radical (unpaired) electrons. The number of imidazole rings is 1. The minimum absolute atomic E-state index is 0.180. The number of aromatic nitrogens is 4. The Morgan fingerprint density at radius 3 is 3.06 bits per heavy atom. The van der Waals surface area contributed by atoms with Crippen LogP contribution < -0.4 is 0 Å². The number of esters is 1. The fraction of sp³-hybridized carbons (Fsp3) is 0.111. The van der Waals surface area contributed by atoms with Gasteiger partial charge < -0.3 is 9.72 Å². The van der Waals surface area contributed by atoms with Crippen molar-refractivity contribution in [3.05, 3.63) is 30.5 Å². The number of methoxy groups -OCH3 is 1. The van der Waals surface area contributed by atoms with Gasteiger partial charge in [-0.1, -0.05) is 0 Å². The second-order valence-electron chi connectivity index (χ2n) is 2.73. The molecule has 0 fully saturated rings. The lowest BCUT2D eigenvalue weighted by atomic mass is 10.5. The molecule has 0 aliphatic heterocycles. The normalized spacial score (nSPS) is 10.1. The molecule has 0 aliphatic rings. The Morgan fingerprint density at radius 2 is 2.38 bits per heavy atom. The van der Waals surface area contributed by atoms with Crippen LogP contribution in [0.5, 0.6) is 0 Å². The van der Waals surface area contributed by atoms with Gasteiger partial charge in [-0.2, -0.15) is 0 Å². The molecule has 2 heterocycles. The summed E-state index contributed by atoms with van der Waals surface area (Å²) in [6.45, 7) is 0. The number of hydrogen-bond donors (Lipinski definition) is 1. The Morgan fingerprint density at radius 1 is 1.50 bits per heavy atom. The van der Waals surface area contributed by atoms with Gasteiger partial charge in [0.25, 0.3) is 0 Å². The number of carbonyl (C=O) groups is 1. The molecule has 0 aromatic carbocycles. The van der Waals surface area contributed by atoms with E-state index in [0.717, 1.165) is 0 Å². The van der Waals surface area contributed by atoms with Crippen molar-refractivity contribution in [2.75, 3.05) is 7.11 Å². The molecule has 0 aliphatic carbocycles. The van der Waals surface area contributed by atoms with Crippen molar-refractivity contribution in [1.82, 2.24) is 19.9 Å². The molecule has 0 amide bonds. The van der Waals surface area contributed by atoms with Crippen LogP contribution in [0.4, 0.5) is 0 Å². The second-order valence-corrected chi connectivity index (χ2v) is 3.74. The molecule has 2 rings (SSSR count). The van der Waals surface area contributed by atoms with E-state index in [2.05, 4.69) is 24.7 Å². The van der Waals surface area contributed by atoms with E-state index in [4.69, 9.17) is 0 Å². The summed E-state index contributed by atoms with van der Waals surface area (Å²) in [6.07, 6.45) is 6.26. The van der Waals surface area contributed by atoms with Gasteiger partial charge in [0.2, 0.25) is 0 Å². The summed E-state index contributed by atoms with van der Waals surface area (Å²) >= 11 is 1.29. The Kier molecular flexibility index (Phi) is 3.16. The molecular weight excluding hydrogens is 228 g/mol. The first-order valence-corrected chi connectivity index (χ1v) is 5.19. The molecule has 6 nitrogen and oxygen atoms in total. The molecule has 16 heavy (non-hydrogen) atoms. The number of aromatic amines is 1. The van der Waals surface area contributed by atoms with Crippen molar-refractivity contribution in [1.29, 1.82) is 0 Å². The van der Waals surface area contributed by atoms with Crippen LogP contribution in [-0.4, -0.2) is 33.0 Å². The van der Waals surface area contributed by atoms with E-state index >= 15 is 0 Å². The molecule has 1 N–H and O–H groups in total. The summed E-state index contributed by atoms with van der Waals surface area (Å²) < 4.78 is 4.55. The van der Waals surface area contributed by atoms with Gasteiger partial charge in [-0.25, -0.2) is 14.8 Å².